The Labute approximate surface area is 141 Å². The van der Waals surface area contributed by atoms with E-state index in [1.54, 1.807) is 16.8 Å². The summed E-state index contributed by atoms with van der Waals surface area (Å²) in [6.45, 7) is 0. The minimum absolute atomic E-state index is 0.121. The van der Waals surface area contributed by atoms with Crippen molar-refractivity contribution in [1.82, 2.24) is 9.78 Å². The molecule has 1 aromatic heterocycles. The molecule has 0 bridgehead atoms. The van der Waals surface area contributed by atoms with Crippen LogP contribution in [0.1, 0.15) is 34.0 Å². The number of hydrogen-bond acceptors (Lipinski definition) is 2. The van der Waals surface area contributed by atoms with E-state index in [1.165, 1.54) is 30.5 Å². The summed E-state index contributed by atoms with van der Waals surface area (Å²) >= 11 is 0. The highest BCUT2D eigenvalue weighted by molar-refractivity contribution is 5.98. The molecular weight excluding hydrogens is 329 g/mol. The number of aromatic nitrogens is 2. The number of nitrogens with zero attached hydrogens (tertiary/aromatic N) is 2. The van der Waals surface area contributed by atoms with Crippen LogP contribution in [0.4, 0.5) is 13.2 Å². The van der Waals surface area contributed by atoms with E-state index in [0.29, 0.717) is 28.9 Å². The predicted octanol–water partition coefficient (Wildman–Crippen LogP) is 4.20. The highest BCUT2D eigenvalue weighted by Crippen LogP contribution is 2.34. The van der Waals surface area contributed by atoms with Gasteiger partial charge in [-0.25, -0.2) is 17.9 Å². The third-order valence-corrected chi connectivity index (χ3v) is 4.47. The van der Waals surface area contributed by atoms with Gasteiger partial charge in [-0.05, 0) is 54.3 Å². The lowest BCUT2D eigenvalue weighted by molar-refractivity contribution is 0.0963. The Morgan fingerprint density at radius 1 is 0.920 bits per heavy atom. The average molecular weight is 342 g/mol. The summed E-state index contributed by atoms with van der Waals surface area (Å²) in [5.74, 6) is -2.15. The van der Waals surface area contributed by atoms with Gasteiger partial charge in [0.1, 0.15) is 17.5 Å². The molecule has 1 atom stereocenters. The van der Waals surface area contributed by atoms with E-state index in [2.05, 4.69) is 5.10 Å². The molecule has 0 aliphatic heterocycles. The topological polar surface area (TPSA) is 34.9 Å². The third-order valence-electron chi connectivity index (χ3n) is 4.47. The molecular formula is C19H13F3N2O. The molecule has 0 N–H and O–H groups in total. The van der Waals surface area contributed by atoms with E-state index in [9.17, 15) is 18.0 Å². The highest BCUT2D eigenvalue weighted by atomic mass is 19.1. The third kappa shape index (κ3) is 2.84. The van der Waals surface area contributed by atoms with Gasteiger partial charge >= 0.3 is 0 Å². The number of benzene rings is 2. The summed E-state index contributed by atoms with van der Waals surface area (Å²) in [5, 5.41) is 4.24. The van der Waals surface area contributed by atoms with Crippen LogP contribution < -0.4 is 0 Å². The number of hydrogen-bond donors (Lipinski definition) is 0. The molecule has 126 valence electrons. The van der Waals surface area contributed by atoms with Gasteiger partial charge in [0.2, 0.25) is 0 Å². The zero-order valence-electron chi connectivity index (χ0n) is 13.0. The minimum Gasteiger partial charge on any atom is -0.294 e. The molecule has 6 heteroatoms. The Bertz CT molecular complexity index is 943. The van der Waals surface area contributed by atoms with Gasteiger partial charge in [-0.2, -0.15) is 5.10 Å². The fourth-order valence-electron chi connectivity index (χ4n) is 3.29. The second kappa shape index (κ2) is 5.88. The van der Waals surface area contributed by atoms with Gasteiger partial charge in [0.05, 0.1) is 23.1 Å². The summed E-state index contributed by atoms with van der Waals surface area (Å²) in [6, 6.07) is 9.08. The zero-order valence-corrected chi connectivity index (χ0v) is 13.0. The Hall–Kier alpha value is -2.89. The van der Waals surface area contributed by atoms with Crippen LogP contribution in [0.5, 0.6) is 0 Å². The minimum atomic E-state index is -0.666. The smallest absolute Gasteiger partial charge is 0.166 e. The number of carbonyl (C=O) groups is 1. The van der Waals surface area contributed by atoms with Crippen molar-refractivity contribution in [2.45, 2.75) is 18.8 Å². The average Bonchev–Trinajstić information content (AvgIpc) is 2.99. The van der Waals surface area contributed by atoms with Crippen molar-refractivity contribution in [3.63, 3.8) is 0 Å². The molecule has 2 aromatic carbocycles. The van der Waals surface area contributed by atoms with Gasteiger partial charge in [-0.15, -0.1) is 0 Å². The molecule has 3 aromatic rings. The van der Waals surface area contributed by atoms with Crippen molar-refractivity contribution >= 4 is 5.78 Å². The Morgan fingerprint density at radius 3 is 2.28 bits per heavy atom. The van der Waals surface area contributed by atoms with Crippen LogP contribution in [0.2, 0.25) is 0 Å². The second-order valence-corrected chi connectivity index (χ2v) is 6.12. The number of carbonyl (C=O) groups excluding carboxylic acids is 1. The van der Waals surface area contributed by atoms with Crippen molar-refractivity contribution < 1.29 is 18.0 Å². The van der Waals surface area contributed by atoms with Crippen molar-refractivity contribution in [2.75, 3.05) is 0 Å². The van der Waals surface area contributed by atoms with E-state index in [1.807, 2.05) is 0 Å². The highest BCUT2D eigenvalue weighted by Gasteiger charge is 2.30. The van der Waals surface area contributed by atoms with Crippen LogP contribution in [0.15, 0.2) is 48.7 Å². The molecule has 0 spiro atoms. The molecule has 0 saturated carbocycles. The van der Waals surface area contributed by atoms with E-state index >= 15 is 0 Å². The normalized spacial score (nSPS) is 16.8. The largest absolute Gasteiger partial charge is 0.294 e. The summed E-state index contributed by atoms with van der Waals surface area (Å²) in [5.41, 5.74) is 2.24. The maximum atomic E-state index is 13.5. The predicted molar refractivity (Wildman–Crippen MR) is 85.3 cm³/mol. The number of fused-ring (bicyclic) bond motifs is 1. The van der Waals surface area contributed by atoms with Crippen LogP contribution in [0, 0.1) is 17.5 Å². The SMILES string of the molecule is O=C1C[C@@H](c2cc(F)cc(F)c2)Cc2c1cnn2-c1ccc(F)cc1. The van der Waals surface area contributed by atoms with Crippen LogP contribution >= 0.6 is 0 Å². The van der Waals surface area contributed by atoms with Crippen LogP contribution in [-0.4, -0.2) is 15.6 Å². The Morgan fingerprint density at radius 2 is 1.60 bits per heavy atom. The maximum absolute atomic E-state index is 13.5. The Balaban J connectivity index is 1.75. The first-order valence-electron chi connectivity index (χ1n) is 7.83. The molecule has 1 aliphatic rings. The van der Waals surface area contributed by atoms with Crippen molar-refractivity contribution in [1.29, 1.82) is 0 Å². The summed E-state index contributed by atoms with van der Waals surface area (Å²) < 4.78 is 41.8. The van der Waals surface area contributed by atoms with Gasteiger partial charge in [0.25, 0.3) is 0 Å². The van der Waals surface area contributed by atoms with Crippen LogP contribution in [-0.2, 0) is 6.42 Å². The molecule has 0 radical (unpaired) electrons. The van der Waals surface area contributed by atoms with Crippen molar-refractivity contribution in [3.05, 3.63) is 82.9 Å². The lowest BCUT2D eigenvalue weighted by Gasteiger charge is -2.23. The van der Waals surface area contributed by atoms with E-state index in [-0.39, 0.29) is 23.9 Å². The molecule has 4 rings (SSSR count). The van der Waals surface area contributed by atoms with Gasteiger partial charge < -0.3 is 0 Å². The number of halogens is 3. The second-order valence-electron chi connectivity index (χ2n) is 6.12. The van der Waals surface area contributed by atoms with E-state index in [0.717, 1.165) is 6.07 Å². The number of rotatable bonds is 2. The number of Topliss-reactive ketones (excluding diaryl/α,β-unsaturated/α-hetero) is 1. The molecule has 0 unspecified atom stereocenters. The summed E-state index contributed by atoms with van der Waals surface area (Å²) in [6.07, 6.45) is 2.08. The zero-order chi connectivity index (χ0) is 17.6. The van der Waals surface area contributed by atoms with Crippen molar-refractivity contribution in [2.24, 2.45) is 0 Å². The molecule has 1 heterocycles. The first kappa shape index (κ1) is 15.6. The molecule has 0 amide bonds. The van der Waals surface area contributed by atoms with Gasteiger partial charge in [-0.1, -0.05) is 0 Å². The molecule has 0 fully saturated rings. The number of ketones is 1. The Kier molecular flexibility index (Phi) is 3.67. The van der Waals surface area contributed by atoms with E-state index in [4.69, 9.17) is 0 Å². The molecule has 25 heavy (non-hydrogen) atoms. The maximum Gasteiger partial charge on any atom is 0.166 e. The van der Waals surface area contributed by atoms with Crippen LogP contribution in [0.25, 0.3) is 5.69 Å². The van der Waals surface area contributed by atoms with Gasteiger partial charge in [-0.3, -0.25) is 4.79 Å². The quantitative estimate of drug-likeness (QED) is 0.699. The van der Waals surface area contributed by atoms with E-state index < -0.39 is 11.6 Å². The monoisotopic (exact) mass is 342 g/mol. The van der Waals surface area contributed by atoms with Crippen molar-refractivity contribution in [3.8, 4) is 5.69 Å². The standard InChI is InChI=1S/C19H13F3N2O/c20-13-1-3-16(4-2-13)24-18-7-12(8-19(25)17(18)10-23-24)11-5-14(21)9-15(22)6-11/h1-6,9-10,12H,7-8H2/t12-/m0/s1. The molecule has 0 saturated heterocycles. The lowest BCUT2D eigenvalue weighted by Crippen LogP contribution is -2.20. The summed E-state index contributed by atoms with van der Waals surface area (Å²) in [7, 11) is 0. The summed E-state index contributed by atoms with van der Waals surface area (Å²) in [4.78, 5) is 12.4. The lowest BCUT2D eigenvalue weighted by atomic mass is 9.82. The first-order valence-corrected chi connectivity index (χ1v) is 7.83. The van der Waals surface area contributed by atoms with Gasteiger partial charge in [0.15, 0.2) is 5.78 Å². The molecule has 1 aliphatic carbocycles. The first-order chi connectivity index (χ1) is 12.0. The fraction of sp³-hybridized carbons (Fsp3) is 0.158. The molecule has 3 nitrogen and oxygen atoms in total. The van der Waals surface area contributed by atoms with Gasteiger partial charge in [0, 0.05) is 12.5 Å². The van der Waals surface area contributed by atoms with Crippen LogP contribution in [0.3, 0.4) is 0 Å². The fourth-order valence-corrected chi connectivity index (χ4v) is 3.29.